The molecule has 3 N–H and O–H groups in total. The summed E-state index contributed by atoms with van der Waals surface area (Å²) < 4.78 is 0. The van der Waals surface area contributed by atoms with Crippen LogP contribution in [0.25, 0.3) is 0 Å². The maximum atomic E-state index is 10.3. The molecule has 1 aromatic heterocycles. The topological polar surface area (TPSA) is 111 Å². The number of rotatable bonds is 2. The van der Waals surface area contributed by atoms with Crippen LogP contribution in [0.3, 0.4) is 0 Å². The number of anilines is 1. The molecule has 1 aromatic rings. The minimum atomic E-state index is -0.763. The summed E-state index contributed by atoms with van der Waals surface area (Å²) in [6.07, 6.45) is 1.03. The van der Waals surface area contributed by atoms with Gasteiger partial charge in [0.2, 0.25) is 0 Å². The highest BCUT2D eigenvalue weighted by molar-refractivity contribution is 5.86. The summed E-state index contributed by atoms with van der Waals surface area (Å²) in [5.74, 6) is 0.179. The van der Waals surface area contributed by atoms with E-state index in [-0.39, 0.29) is 11.5 Å². The number of hydrogen-bond donors (Lipinski definition) is 2. The fourth-order valence-corrected chi connectivity index (χ4v) is 0.694. The number of carbonyl (C=O) groups excluding carboxylic acids is 1. The number of hydrogen-bond acceptors (Lipinski definition) is 4. The summed E-state index contributed by atoms with van der Waals surface area (Å²) >= 11 is 0. The van der Waals surface area contributed by atoms with E-state index in [0.717, 1.165) is 6.20 Å². The number of pyridine rings is 1. The maximum absolute atomic E-state index is 10.3. The van der Waals surface area contributed by atoms with Gasteiger partial charge < -0.3 is 5.73 Å². The van der Waals surface area contributed by atoms with Crippen LogP contribution in [-0.2, 0) is 0 Å². The van der Waals surface area contributed by atoms with Crippen LogP contribution in [0.4, 0.5) is 16.3 Å². The van der Waals surface area contributed by atoms with E-state index in [2.05, 4.69) is 10.3 Å². The van der Waals surface area contributed by atoms with Gasteiger partial charge in [0.25, 0.3) is 5.69 Å². The molecule has 0 radical (unpaired) electrons. The van der Waals surface area contributed by atoms with Crippen LogP contribution in [0.2, 0.25) is 0 Å². The van der Waals surface area contributed by atoms with Gasteiger partial charge in [-0.3, -0.25) is 15.4 Å². The van der Waals surface area contributed by atoms with Crippen molar-refractivity contribution in [2.24, 2.45) is 5.73 Å². The molecule has 0 fully saturated rings. The van der Waals surface area contributed by atoms with Crippen LogP contribution in [0, 0.1) is 10.1 Å². The molecule has 7 nitrogen and oxygen atoms in total. The van der Waals surface area contributed by atoms with E-state index in [1.54, 1.807) is 0 Å². The molecule has 0 aliphatic heterocycles. The molecule has 7 heteroatoms. The fourth-order valence-electron chi connectivity index (χ4n) is 0.694. The van der Waals surface area contributed by atoms with Gasteiger partial charge in [-0.2, -0.15) is 0 Å². The van der Waals surface area contributed by atoms with E-state index < -0.39 is 11.0 Å². The number of aromatic nitrogens is 1. The first-order chi connectivity index (χ1) is 6.09. The Morgan fingerprint density at radius 1 is 1.62 bits per heavy atom. The van der Waals surface area contributed by atoms with Gasteiger partial charge in [-0.15, -0.1) is 0 Å². The smallest absolute Gasteiger partial charge is 0.317 e. The van der Waals surface area contributed by atoms with Crippen LogP contribution in [0.1, 0.15) is 0 Å². The lowest BCUT2D eigenvalue weighted by atomic mass is 10.4. The fraction of sp³-hybridized carbons (Fsp3) is 0. The Morgan fingerprint density at radius 2 is 2.31 bits per heavy atom. The minimum absolute atomic E-state index is 0.143. The molecular weight excluding hydrogens is 176 g/mol. The lowest BCUT2D eigenvalue weighted by Gasteiger charge is -1.98. The first-order valence-corrected chi connectivity index (χ1v) is 3.26. The third-order valence-corrected chi connectivity index (χ3v) is 1.21. The highest BCUT2D eigenvalue weighted by Gasteiger charge is 2.05. The van der Waals surface area contributed by atoms with Crippen molar-refractivity contribution >= 4 is 17.5 Å². The molecule has 0 aliphatic carbocycles. The quantitative estimate of drug-likeness (QED) is 0.511. The molecule has 0 bridgehead atoms. The van der Waals surface area contributed by atoms with E-state index >= 15 is 0 Å². The number of nitrogens with zero attached hydrogens (tertiary/aromatic N) is 2. The Morgan fingerprint density at radius 3 is 2.69 bits per heavy atom. The highest BCUT2D eigenvalue weighted by atomic mass is 16.6. The molecule has 0 unspecified atom stereocenters. The first kappa shape index (κ1) is 8.91. The van der Waals surface area contributed by atoms with Crippen LogP contribution < -0.4 is 11.1 Å². The number of primary amides is 1. The average molecular weight is 182 g/mol. The minimum Gasteiger partial charge on any atom is -0.351 e. The molecular formula is C6H6N4O3. The first-order valence-electron chi connectivity index (χ1n) is 3.26. The van der Waals surface area contributed by atoms with Gasteiger partial charge >= 0.3 is 6.03 Å². The van der Waals surface area contributed by atoms with Gasteiger partial charge in [-0.1, -0.05) is 0 Å². The third-order valence-electron chi connectivity index (χ3n) is 1.21. The van der Waals surface area contributed by atoms with Gasteiger partial charge in [0.15, 0.2) is 0 Å². The molecule has 0 saturated heterocycles. The number of amides is 2. The Hall–Kier alpha value is -2.18. The zero-order valence-electron chi connectivity index (χ0n) is 6.43. The second-order valence-corrected chi connectivity index (χ2v) is 2.15. The molecule has 13 heavy (non-hydrogen) atoms. The van der Waals surface area contributed by atoms with Gasteiger partial charge in [-0.25, -0.2) is 9.78 Å². The summed E-state index contributed by atoms with van der Waals surface area (Å²) in [4.78, 5) is 23.5. The van der Waals surface area contributed by atoms with Crippen LogP contribution in [-0.4, -0.2) is 15.9 Å². The Kier molecular flexibility index (Phi) is 2.38. The lowest BCUT2D eigenvalue weighted by Crippen LogP contribution is -2.19. The van der Waals surface area contributed by atoms with E-state index in [1.807, 2.05) is 0 Å². The maximum Gasteiger partial charge on any atom is 0.317 e. The zero-order chi connectivity index (χ0) is 9.84. The van der Waals surface area contributed by atoms with E-state index in [0.29, 0.717) is 0 Å². The zero-order valence-corrected chi connectivity index (χ0v) is 6.43. The summed E-state index contributed by atoms with van der Waals surface area (Å²) in [5.41, 5.74) is 4.65. The van der Waals surface area contributed by atoms with Crippen molar-refractivity contribution in [3.8, 4) is 0 Å². The second-order valence-electron chi connectivity index (χ2n) is 2.15. The Labute approximate surface area is 72.7 Å². The van der Waals surface area contributed by atoms with Crippen LogP contribution >= 0.6 is 0 Å². The van der Waals surface area contributed by atoms with Crippen molar-refractivity contribution in [3.05, 3.63) is 28.4 Å². The standard InChI is InChI=1S/C6H6N4O3/c7-6(11)9-5-2-1-4(3-8-5)10(12)13/h1-3H,(H3,7,8,9,11). The number of carbonyl (C=O) groups is 1. The Bertz CT molecular complexity index is 334. The second kappa shape index (κ2) is 3.48. The molecule has 0 atom stereocenters. The van der Waals surface area contributed by atoms with E-state index in [9.17, 15) is 14.9 Å². The monoisotopic (exact) mass is 182 g/mol. The van der Waals surface area contributed by atoms with Crippen molar-refractivity contribution in [1.82, 2.24) is 4.98 Å². The largest absolute Gasteiger partial charge is 0.351 e. The average Bonchev–Trinajstić information content (AvgIpc) is 2.04. The molecule has 2 amide bonds. The van der Waals surface area contributed by atoms with Crippen LogP contribution in [0.5, 0.6) is 0 Å². The van der Waals surface area contributed by atoms with Gasteiger partial charge in [-0.05, 0) is 6.07 Å². The van der Waals surface area contributed by atoms with Crippen molar-refractivity contribution in [2.45, 2.75) is 0 Å². The molecule has 0 aromatic carbocycles. The van der Waals surface area contributed by atoms with Crippen molar-refractivity contribution in [3.63, 3.8) is 0 Å². The summed E-state index contributed by atoms with van der Waals surface area (Å²) in [5, 5.41) is 12.4. The van der Waals surface area contributed by atoms with Crippen molar-refractivity contribution in [1.29, 1.82) is 0 Å². The predicted molar refractivity (Wildman–Crippen MR) is 44.1 cm³/mol. The molecule has 68 valence electrons. The third kappa shape index (κ3) is 2.40. The van der Waals surface area contributed by atoms with E-state index in [1.165, 1.54) is 12.1 Å². The Balaban J connectivity index is 2.81. The normalized spacial score (nSPS) is 9.23. The van der Waals surface area contributed by atoms with Gasteiger partial charge in [0.05, 0.1) is 4.92 Å². The van der Waals surface area contributed by atoms with Gasteiger partial charge in [0.1, 0.15) is 12.0 Å². The molecule has 0 spiro atoms. The van der Waals surface area contributed by atoms with Crippen molar-refractivity contribution in [2.75, 3.05) is 5.32 Å². The summed E-state index contributed by atoms with van der Waals surface area (Å²) in [7, 11) is 0. The molecule has 1 heterocycles. The van der Waals surface area contributed by atoms with E-state index in [4.69, 9.17) is 5.73 Å². The predicted octanol–water partition coefficient (Wildman–Crippen LogP) is 0.480. The van der Waals surface area contributed by atoms with Gasteiger partial charge in [0, 0.05) is 6.07 Å². The number of nitrogens with two attached hydrogens (primary N) is 1. The number of nitrogens with one attached hydrogen (secondary N) is 1. The molecule has 0 saturated carbocycles. The summed E-state index contributed by atoms with van der Waals surface area (Å²) in [6, 6.07) is 1.75. The SMILES string of the molecule is NC(=O)Nc1ccc([N+](=O)[O-])cn1. The summed E-state index contributed by atoms with van der Waals surface area (Å²) in [6.45, 7) is 0. The highest BCUT2D eigenvalue weighted by Crippen LogP contribution is 2.11. The lowest BCUT2D eigenvalue weighted by molar-refractivity contribution is -0.385. The number of nitro groups is 1. The molecule has 0 aliphatic rings. The molecule has 1 rings (SSSR count). The van der Waals surface area contributed by atoms with Crippen LogP contribution in [0.15, 0.2) is 18.3 Å². The van der Waals surface area contributed by atoms with Crippen molar-refractivity contribution < 1.29 is 9.72 Å². The number of urea groups is 1.